The van der Waals surface area contributed by atoms with Gasteiger partial charge in [-0.05, 0) is 56.7 Å². The number of aliphatic hydroxyl groups is 1. The van der Waals surface area contributed by atoms with E-state index in [4.69, 9.17) is 4.74 Å². The molecule has 0 radical (unpaired) electrons. The first-order chi connectivity index (χ1) is 13.9. The van der Waals surface area contributed by atoms with E-state index >= 15 is 0 Å². The summed E-state index contributed by atoms with van der Waals surface area (Å²) in [6.45, 7) is 10.9. The Hall–Kier alpha value is -2.62. The molecule has 0 spiro atoms. The molecule has 0 heterocycles. The van der Waals surface area contributed by atoms with Crippen LogP contribution in [0.2, 0.25) is 0 Å². The Morgan fingerprint density at radius 1 is 1.10 bits per heavy atom. The first-order valence-corrected chi connectivity index (χ1v) is 10.2. The first kappa shape index (κ1) is 21.1. The van der Waals surface area contributed by atoms with E-state index in [2.05, 4.69) is 49.7 Å². The van der Waals surface area contributed by atoms with Crippen molar-refractivity contribution in [2.45, 2.75) is 38.5 Å². The molecular formula is C26H31NO2. The molecule has 2 aromatic rings. The third-order valence-electron chi connectivity index (χ3n) is 5.80. The van der Waals surface area contributed by atoms with Gasteiger partial charge in [-0.15, -0.1) is 0 Å². The highest BCUT2D eigenvalue weighted by Gasteiger charge is 2.45. The van der Waals surface area contributed by atoms with E-state index in [0.29, 0.717) is 6.61 Å². The number of nitrogens with zero attached hydrogens (tertiary/aromatic N) is 1. The lowest BCUT2D eigenvalue weighted by atomic mass is 9.79. The number of likely N-dealkylation sites (N-methyl/N-ethyl adjacent to an activating group) is 1. The Morgan fingerprint density at radius 3 is 2.24 bits per heavy atom. The summed E-state index contributed by atoms with van der Waals surface area (Å²) < 4.78 is 5.89. The minimum Gasteiger partial charge on any atom is -0.494 e. The van der Waals surface area contributed by atoms with E-state index in [1.165, 1.54) is 0 Å². The molecule has 0 aliphatic heterocycles. The van der Waals surface area contributed by atoms with Gasteiger partial charge in [-0.3, -0.25) is 4.90 Å². The predicted octanol–water partition coefficient (Wildman–Crippen LogP) is 5.37. The van der Waals surface area contributed by atoms with E-state index in [0.717, 1.165) is 28.0 Å². The number of hydrogen-bond donors (Lipinski definition) is 1. The largest absolute Gasteiger partial charge is 0.494 e. The van der Waals surface area contributed by atoms with Gasteiger partial charge in [-0.2, -0.15) is 0 Å². The number of allylic oxidation sites excluding steroid dienone is 1. The van der Waals surface area contributed by atoms with Crippen LogP contribution >= 0.6 is 0 Å². The third kappa shape index (κ3) is 3.93. The summed E-state index contributed by atoms with van der Waals surface area (Å²) in [6, 6.07) is 20.0. The third-order valence-corrected chi connectivity index (χ3v) is 5.80. The molecule has 0 aromatic heterocycles. The van der Waals surface area contributed by atoms with Crippen LogP contribution in [0.1, 0.15) is 38.0 Å². The zero-order chi connectivity index (χ0) is 21.0. The summed E-state index contributed by atoms with van der Waals surface area (Å²) >= 11 is 0. The summed E-state index contributed by atoms with van der Waals surface area (Å²) in [6.07, 6.45) is 3.61. The van der Waals surface area contributed by atoms with Crippen LogP contribution in [0.5, 0.6) is 0 Å². The standard InChI is InChI=1S/C26H31NO2/c1-6-29-23-17-24(19(2)3)26(18-23,22-15-11-8-12-16-22)27(5)20(4)25(28)21-13-9-7-10-14-21/h7-18,20,25,28H,2,6H2,1,3-5H3/t20-,25-,26?/m1/s1. The molecular weight excluding hydrogens is 358 g/mol. The van der Waals surface area contributed by atoms with Crippen molar-refractivity contribution < 1.29 is 9.84 Å². The summed E-state index contributed by atoms with van der Waals surface area (Å²) in [4.78, 5) is 2.23. The smallest absolute Gasteiger partial charge is 0.118 e. The molecule has 0 bridgehead atoms. The molecule has 1 aliphatic rings. The fourth-order valence-electron chi connectivity index (χ4n) is 4.16. The minimum absolute atomic E-state index is 0.155. The van der Waals surface area contributed by atoms with Gasteiger partial charge in [-0.25, -0.2) is 0 Å². The van der Waals surface area contributed by atoms with Crippen LogP contribution in [0.4, 0.5) is 0 Å². The lowest BCUT2D eigenvalue weighted by Gasteiger charge is -2.45. The Bertz CT molecular complexity index is 901. The highest BCUT2D eigenvalue weighted by Crippen LogP contribution is 2.47. The number of rotatable bonds is 8. The van der Waals surface area contributed by atoms with Crippen molar-refractivity contribution in [2.75, 3.05) is 13.7 Å². The first-order valence-electron chi connectivity index (χ1n) is 10.2. The van der Waals surface area contributed by atoms with Crippen molar-refractivity contribution in [3.8, 4) is 0 Å². The lowest BCUT2D eigenvalue weighted by Crippen LogP contribution is -2.49. The van der Waals surface area contributed by atoms with E-state index in [1.807, 2.05) is 62.4 Å². The fourth-order valence-corrected chi connectivity index (χ4v) is 4.16. The monoisotopic (exact) mass is 389 g/mol. The predicted molar refractivity (Wildman–Crippen MR) is 119 cm³/mol. The van der Waals surface area contributed by atoms with E-state index in [1.54, 1.807) is 0 Å². The van der Waals surface area contributed by atoms with Gasteiger partial charge >= 0.3 is 0 Å². The van der Waals surface area contributed by atoms with Crippen molar-refractivity contribution in [3.63, 3.8) is 0 Å². The molecule has 3 nitrogen and oxygen atoms in total. The molecule has 0 amide bonds. The number of aliphatic hydroxyl groups excluding tert-OH is 1. The summed E-state index contributed by atoms with van der Waals surface area (Å²) in [5.41, 5.74) is 3.53. The van der Waals surface area contributed by atoms with Crippen LogP contribution in [0, 0.1) is 0 Å². The molecule has 1 N–H and O–H groups in total. The normalized spacial score (nSPS) is 20.8. The molecule has 3 atom stereocenters. The Kier molecular flexibility index (Phi) is 6.41. The maximum atomic E-state index is 11.1. The fraction of sp³-hybridized carbons (Fsp3) is 0.308. The maximum absolute atomic E-state index is 11.1. The second kappa shape index (κ2) is 8.81. The zero-order valence-corrected chi connectivity index (χ0v) is 17.8. The second-order valence-corrected chi connectivity index (χ2v) is 7.66. The molecule has 3 heteroatoms. The molecule has 29 heavy (non-hydrogen) atoms. The molecule has 2 aromatic carbocycles. The van der Waals surface area contributed by atoms with Gasteiger partial charge < -0.3 is 9.84 Å². The van der Waals surface area contributed by atoms with Gasteiger partial charge in [0.25, 0.3) is 0 Å². The minimum atomic E-state index is -0.627. The van der Waals surface area contributed by atoms with Crippen molar-refractivity contribution in [2.24, 2.45) is 0 Å². The SMILES string of the molecule is C=C(C)C1=CC(OCC)=CC1(c1ccccc1)N(C)[C@H](C)[C@@H](O)c1ccccc1. The number of hydrogen-bond acceptors (Lipinski definition) is 3. The highest BCUT2D eigenvalue weighted by molar-refractivity contribution is 5.56. The Labute approximate surface area is 174 Å². The summed E-state index contributed by atoms with van der Waals surface area (Å²) in [7, 11) is 2.06. The zero-order valence-electron chi connectivity index (χ0n) is 17.8. The number of ether oxygens (including phenoxy) is 1. The average Bonchev–Trinajstić information content (AvgIpc) is 3.14. The van der Waals surface area contributed by atoms with Crippen molar-refractivity contribution >= 4 is 0 Å². The maximum Gasteiger partial charge on any atom is 0.118 e. The molecule has 152 valence electrons. The summed E-state index contributed by atoms with van der Waals surface area (Å²) in [5.74, 6) is 0.836. The highest BCUT2D eigenvalue weighted by atomic mass is 16.5. The van der Waals surface area contributed by atoms with Crippen LogP contribution in [0.25, 0.3) is 0 Å². The van der Waals surface area contributed by atoms with Gasteiger partial charge in [0.2, 0.25) is 0 Å². The average molecular weight is 390 g/mol. The van der Waals surface area contributed by atoms with Gasteiger partial charge in [0, 0.05) is 6.04 Å². The quantitative estimate of drug-likeness (QED) is 0.659. The van der Waals surface area contributed by atoms with Crippen LogP contribution in [0.3, 0.4) is 0 Å². The van der Waals surface area contributed by atoms with Crippen LogP contribution in [-0.2, 0) is 10.3 Å². The molecule has 0 saturated carbocycles. The molecule has 1 unspecified atom stereocenters. The van der Waals surface area contributed by atoms with Gasteiger partial charge in [0.15, 0.2) is 0 Å². The molecule has 3 rings (SSSR count). The van der Waals surface area contributed by atoms with E-state index < -0.39 is 11.6 Å². The Morgan fingerprint density at radius 2 is 1.69 bits per heavy atom. The van der Waals surface area contributed by atoms with Crippen molar-refractivity contribution in [1.82, 2.24) is 4.90 Å². The second-order valence-electron chi connectivity index (χ2n) is 7.66. The lowest BCUT2D eigenvalue weighted by molar-refractivity contribution is 0.0349. The van der Waals surface area contributed by atoms with Gasteiger partial charge in [0.05, 0.1) is 18.2 Å². The van der Waals surface area contributed by atoms with Crippen LogP contribution < -0.4 is 0 Å². The Balaban J connectivity index is 2.11. The van der Waals surface area contributed by atoms with Gasteiger partial charge in [-0.1, -0.05) is 72.8 Å². The molecule has 1 aliphatic carbocycles. The molecule has 0 saturated heterocycles. The van der Waals surface area contributed by atoms with Crippen LogP contribution in [0.15, 0.2) is 96.3 Å². The van der Waals surface area contributed by atoms with Crippen molar-refractivity contribution in [1.29, 1.82) is 0 Å². The topological polar surface area (TPSA) is 32.7 Å². The van der Waals surface area contributed by atoms with Crippen LogP contribution in [-0.4, -0.2) is 29.7 Å². The van der Waals surface area contributed by atoms with E-state index in [-0.39, 0.29) is 6.04 Å². The van der Waals surface area contributed by atoms with Gasteiger partial charge in [0.1, 0.15) is 5.76 Å². The summed E-state index contributed by atoms with van der Waals surface area (Å²) in [5, 5.41) is 11.1. The van der Waals surface area contributed by atoms with Crippen molar-refractivity contribution in [3.05, 3.63) is 107 Å². The number of benzene rings is 2. The molecule has 0 fully saturated rings. The van der Waals surface area contributed by atoms with E-state index in [9.17, 15) is 5.11 Å².